The molecule has 1 saturated heterocycles. The number of ether oxygens (including phenoxy) is 1. The average molecular weight is 266 g/mol. The van der Waals surface area contributed by atoms with E-state index in [0.717, 1.165) is 6.42 Å². The van der Waals surface area contributed by atoms with Crippen LogP contribution >= 0.6 is 0 Å². The molecule has 1 aromatic rings. The fourth-order valence-corrected chi connectivity index (χ4v) is 2.16. The Bertz CT molecular complexity index is 495. The molecule has 1 aliphatic rings. The molecule has 2 unspecified atom stereocenters. The maximum Gasteiger partial charge on any atom is 0.251 e. The van der Waals surface area contributed by atoms with Crippen LogP contribution in [0.15, 0.2) is 12.1 Å². The van der Waals surface area contributed by atoms with Crippen LogP contribution in [-0.2, 0) is 4.74 Å². The third kappa shape index (κ3) is 2.56. The van der Waals surface area contributed by atoms with E-state index in [1.54, 1.807) is 6.92 Å². The quantitative estimate of drug-likeness (QED) is 0.805. The molecule has 4 nitrogen and oxygen atoms in total. The Labute approximate surface area is 112 Å². The van der Waals surface area contributed by atoms with Crippen LogP contribution in [0.5, 0.6) is 0 Å². The Hall–Kier alpha value is -1.62. The molecule has 0 spiro atoms. The molecule has 1 amide bonds. The number of hydrogen-bond donors (Lipinski definition) is 2. The number of nitrogens with two attached hydrogens (primary N) is 1. The lowest BCUT2D eigenvalue weighted by molar-refractivity contribution is 0.0727. The summed E-state index contributed by atoms with van der Waals surface area (Å²) in [4.78, 5) is 12.2. The van der Waals surface area contributed by atoms with E-state index in [9.17, 15) is 9.18 Å². The predicted molar refractivity (Wildman–Crippen MR) is 71.5 cm³/mol. The maximum absolute atomic E-state index is 13.6. The van der Waals surface area contributed by atoms with E-state index in [1.807, 2.05) is 13.8 Å². The number of halogens is 1. The van der Waals surface area contributed by atoms with Crippen LogP contribution in [0, 0.1) is 12.7 Å². The van der Waals surface area contributed by atoms with Gasteiger partial charge in [0.25, 0.3) is 5.91 Å². The van der Waals surface area contributed by atoms with Crippen molar-refractivity contribution in [3.05, 3.63) is 29.1 Å². The lowest BCUT2D eigenvalue weighted by Crippen LogP contribution is -2.50. The Kier molecular flexibility index (Phi) is 3.49. The van der Waals surface area contributed by atoms with Gasteiger partial charge in [-0.2, -0.15) is 0 Å². The summed E-state index contributed by atoms with van der Waals surface area (Å²) in [6.07, 6.45) is 0.674. The molecule has 1 heterocycles. The third-order valence-corrected chi connectivity index (χ3v) is 3.93. The van der Waals surface area contributed by atoms with Crippen LogP contribution in [0.2, 0.25) is 0 Å². The number of amides is 1. The van der Waals surface area contributed by atoms with Crippen LogP contribution in [-0.4, -0.2) is 24.2 Å². The van der Waals surface area contributed by atoms with Gasteiger partial charge in [0.2, 0.25) is 0 Å². The molecule has 1 aliphatic heterocycles. The van der Waals surface area contributed by atoms with Gasteiger partial charge in [-0.3, -0.25) is 4.79 Å². The maximum atomic E-state index is 13.6. The Morgan fingerprint density at radius 2 is 2.26 bits per heavy atom. The van der Waals surface area contributed by atoms with Crippen molar-refractivity contribution in [1.29, 1.82) is 0 Å². The fourth-order valence-electron chi connectivity index (χ4n) is 2.16. The van der Waals surface area contributed by atoms with Gasteiger partial charge in [0.05, 0.1) is 11.6 Å². The minimum absolute atomic E-state index is 0.0657. The van der Waals surface area contributed by atoms with E-state index >= 15 is 0 Å². The average Bonchev–Trinajstić information content (AvgIpc) is 2.65. The molecule has 1 fully saturated rings. The number of carbonyl (C=O) groups excluding carboxylic acids is 1. The van der Waals surface area contributed by atoms with Gasteiger partial charge >= 0.3 is 0 Å². The number of anilines is 1. The summed E-state index contributed by atoms with van der Waals surface area (Å²) in [5.41, 5.74) is 6.14. The Morgan fingerprint density at radius 1 is 1.58 bits per heavy atom. The van der Waals surface area contributed by atoms with Gasteiger partial charge in [0, 0.05) is 23.4 Å². The number of hydrogen-bond acceptors (Lipinski definition) is 3. The molecule has 0 bridgehead atoms. The van der Waals surface area contributed by atoms with Crippen molar-refractivity contribution in [2.75, 3.05) is 12.3 Å². The van der Waals surface area contributed by atoms with Crippen LogP contribution < -0.4 is 11.1 Å². The zero-order chi connectivity index (χ0) is 14.2. The molecule has 0 radical (unpaired) electrons. The number of nitrogen functional groups attached to an aromatic ring is 1. The molecule has 2 rings (SSSR count). The van der Waals surface area contributed by atoms with Crippen molar-refractivity contribution in [3.8, 4) is 0 Å². The van der Waals surface area contributed by atoms with Gasteiger partial charge in [-0.15, -0.1) is 0 Å². The van der Waals surface area contributed by atoms with Gasteiger partial charge in [0.1, 0.15) is 5.82 Å². The van der Waals surface area contributed by atoms with E-state index in [1.165, 1.54) is 12.1 Å². The lowest BCUT2D eigenvalue weighted by atomic mass is 9.94. The molecule has 19 heavy (non-hydrogen) atoms. The minimum Gasteiger partial charge on any atom is -0.398 e. The number of nitrogens with one attached hydrogen (secondary N) is 1. The first kappa shape index (κ1) is 13.8. The number of rotatable bonds is 2. The third-order valence-electron chi connectivity index (χ3n) is 3.93. The normalized spacial score (nSPS) is 26.4. The van der Waals surface area contributed by atoms with Crippen LogP contribution in [0.25, 0.3) is 0 Å². The highest BCUT2D eigenvalue weighted by Crippen LogP contribution is 2.26. The van der Waals surface area contributed by atoms with Crippen LogP contribution in [0.3, 0.4) is 0 Å². The molecule has 0 saturated carbocycles. The zero-order valence-electron chi connectivity index (χ0n) is 11.4. The first-order valence-corrected chi connectivity index (χ1v) is 6.33. The smallest absolute Gasteiger partial charge is 0.251 e. The summed E-state index contributed by atoms with van der Waals surface area (Å²) in [5.74, 6) is -0.795. The molecule has 1 aromatic carbocycles. The molecule has 0 aliphatic carbocycles. The highest BCUT2D eigenvalue weighted by Gasteiger charge is 2.38. The van der Waals surface area contributed by atoms with Crippen molar-refractivity contribution >= 4 is 11.6 Å². The summed E-state index contributed by atoms with van der Waals surface area (Å²) < 4.78 is 19.1. The molecule has 0 aromatic heterocycles. The number of benzene rings is 1. The van der Waals surface area contributed by atoms with E-state index < -0.39 is 11.4 Å². The second-order valence-electron chi connectivity index (χ2n) is 5.31. The van der Waals surface area contributed by atoms with Crippen molar-refractivity contribution in [2.45, 2.75) is 38.8 Å². The fraction of sp³-hybridized carbons (Fsp3) is 0.500. The van der Waals surface area contributed by atoms with Gasteiger partial charge < -0.3 is 15.8 Å². The van der Waals surface area contributed by atoms with Crippen molar-refractivity contribution in [3.63, 3.8) is 0 Å². The highest BCUT2D eigenvalue weighted by molar-refractivity contribution is 5.95. The molecule has 5 heteroatoms. The lowest BCUT2D eigenvalue weighted by Gasteiger charge is -2.29. The summed E-state index contributed by atoms with van der Waals surface area (Å²) in [6.45, 7) is 6.04. The highest BCUT2D eigenvalue weighted by atomic mass is 19.1. The first-order chi connectivity index (χ1) is 8.83. The predicted octanol–water partition coefficient (Wildman–Crippen LogP) is 2.01. The van der Waals surface area contributed by atoms with E-state index in [4.69, 9.17) is 10.5 Å². The monoisotopic (exact) mass is 266 g/mol. The van der Waals surface area contributed by atoms with E-state index in [-0.39, 0.29) is 23.3 Å². The molecular weight excluding hydrogens is 247 g/mol. The second kappa shape index (κ2) is 4.81. The number of carbonyl (C=O) groups is 1. The Balaban J connectivity index is 2.21. The second-order valence-corrected chi connectivity index (χ2v) is 5.31. The summed E-state index contributed by atoms with van der Waals surface area (Å²) >= 11 is 0. The SMILES string of the molecule is Cc1c(N)cc(C(=O)NC2(C)CCOC2C)cc1F. The standard InChI is InChI=1S/C14H19FN2O2/c1-8-11(15)6-10(7-12(8)16)13(18)17-14(3)4-5-19-9(14)2/h6-7,9H,4-5,16H2,1-3H3,(H,17,18). The van der Waals surface area contributed by atoms with Crippen LogP contribution in [0.4, 0.5) is 10.1 Å². The molecule has 104 valence electrons. The summed E-state index contributed by atoms with van der Waals surface area (Å²) in [5, 5.41) is 2.91. The summed E-state index contributed by atoms with van der Waals surface area (Å²) in [7, 11) is 0. The Morgan fingerprint density at radius 3 is 2.79 bits per heavy atom. The molecular formula is C14H19FN2O2. The van der Waals surface area contributed by atoms with Gasteiger partial charge in [-0.1, -0.05) is 0 Å². The first-order valence-electron chi connectivity index (χ1n) is 6.33. The molecule has 2 atom stereocenters. The minimum atomic E-state index is -0.467. The molecule has 3 N–H and O–H groups in total. The summed E-state index contributed by atoms with van der Waals surface area (Å²) in [6, 6.07) is 2.71. The zero-order valence-corrected chi connectivity index (χ0v) is 11.4. The van der Waals surface area contributed by atoms with Gasteiger partial charge in [-0.25, -0.2) is 4.39 Å². The largest absolute Gasteiger partial charge is 0.398 e. The topological polar surface area (TPSA) is 64.4 Å². The van der Waals surface area contributed by atoms with Crippen LogP contribution in [0.1, 0.15) is 36.2 Å². The van der Waals surface area contributed by atoms with E-state index in [2.05, 4.69) is 5.32 Å². The van der Waals surface area contributed by atoms with Crippen molar-refractivity contribution < 1.29 is 13.9 Å². The van der Waals surface area contributed by atoms with Crippen molar-refractivity contribution in [1.82, 2.24) is 5.32 Å². The van der Waals surface area contributed by atoms with Crippen molar-refractivity contribution in [2.24, 2.45) is 0 Å². The van der Waals surface area contributed by atoms with Gasteiger partial charge in [0.15, 0.2) is 0 Å². The van der Waals surface area contributed by atoms with Gasteiger partial charge in [-0.05, 0) is 39.3 Å². The van der Waals surface area contributed by atoms with E-state index in [0.29, 0.717) is 12.2 Å².